The first-order chi connectivity index (χ1) is 14.6. The molecule has 2 N–H and O–H groups in total. The molecule has 30 heavy (non-hydrogen) atoms. The monoisotopic (exact) mass is 465 g/mol. The highest BCUT2D eigenvalue weighted by molar-refractivity contribution is 9.10. The lowest BCUT2D eigenvalue weighted by Gasteiger charge is -2.08. The molecule has 3 aromatic rings. The van der Waals surface area contributed by atoms with Crippen LogP contribution >= 0.6 is 15.9 Å². The summed E-state index contributed by atoms with van der Waals surface area (Å²) in [4.78, 5) is 24.5. The Morgan fingerprint density at radius 2 is 1.90 bits per heavy atom. The summed E-state index contributed by atoms with van der Waals surface area (Å²) >= 11 is 3.39. The number of nitrogens with zero attached hydrogens (tertiary/aromatic N) is 1. The molecule has 0 spiro atoms. The van der Waals surface area contributed by atoms with Crippen LogP contribution in [0.4, 0.5) is 0 Å². The number of hydrogen-bond donors (Lipinski definition) is 2. The lowest BCUT2D eigenvalue weighted by molar-refractivity contribution is -0.120. The molecule has 0 fully saturated rings. The Morgan fingerprint density at radius 1 is 1.10 bits per heavy atom. The Balaban J connectivity index is 1.58. The van der Waals surface area contributed by atoms with Crippen LogP contribution in [0.5, 0.6) is 5.75 Å². The predicted molar refractivity (Wildman–Crippen MR) is 122 cm³/mol. The van der Waals surface area contributed by atoms with E-state index in [9.17, 15) is 9.59 Å². The maximum atomic E-state index is 12.5. The van der Waals surface area contributed by atoms with Crippen LogP contribution in [-0.2, 0) is 4.79 Å². The highest BCUT2D eigenvalue weighted by atomic mass is 79.9. The molecule has 0 saturated heterocycles. The van der Waals surface area contributed by atoms with Crippen LogP contribution in [0.25, 0.3) is 10.8 Å². The first kappa shape index (κ1) is 21.3. The molecular weight excluding hydrogens is 446 g/mol. The predicted octanol–water partition coefficient (Wildman–Crippen LogP) is 4.05. The number of amides is 2. The summed E-state index contributed by atoms with van der Waals surface area (Å²) in [6.45, 7) is 3.78. The van der Waals surface area contributed by atoms with Gasteiger partial charge in [0.15, 0.2) is 0 Å². The quantitative estimate of drug-likeness (QED) is 0.299. The van der Waals surface area contributed by atoms with Crippen molar-refractivity contribution in [1.82, 2.24) is 10.7 Å². The third kappa shape index (κ3) is 5.55. The van der Waals surface area contributed by atoms with Gasteiger partial charge in [-0.3, -0.25) is 9.59 Å². The van der Waals surface area contributed by atoms with Gasteiger partial charge in [-0.15, -0.1) is 0 Å². The summed E-state index contributed by atoms with van der Waals surface area (Å²) in [5.41, 5.74) is 3.61. The van der Waals surface area contributed by atoms with E-state index in [-0.39, 0.29) is 12.5 Å². The van der Waals surface area contributed by atoms with Gasteiger partial charge >= 0.3 is 0 Å². The Morgan fingerprint density at radius 3 is 2.73 bits per heavy atom. The van der Waals surface area contributed by atoms with E-state index < -0.39 is 5.91 Å². The number of carbonyl (C=O) groups excluding carboxylic acids is 2. The van der Waals surface area contributed by atoms with Crippen molar-refractivity contribution in [2.75, 3.05) is 13.2 Å². The summed E-state index contributed by atoms with van der Waals surface area (Å²) in [5, 5.41) is 8.36. The van der Waals surface area contributed by atoms with Crippen molar-refractivity contribution >= 4 is 44.7 Å². The van der Waals surface area contributed by atoms with Gasteiger partial charge in [-0.1, -0.05) is 65.0 Å². The fourth-order valence-corrected chi connectivity index (χ4v) is 3.17. The van der Waals surface area contributed by atoms with Crippen molar-refractivity contribution in [1.29, 1.82) is 0 Å². The van der Waals surface area contributed by atoms with E-state index >= 15 is 0 Å². The molecular formula is C23H20BrN3O3. The molecule has 0 saturated carbocycles. The van der Waals surface area contributed by atoms with Crippen LogP contribution in [0.2, 0.25) is 0 Å². The Kier molecular flexibility index (Phi) is 7.34. The molecule has 7 heteroatoms. The number of benzene rings is 3. The van der Waals surface area contributed by atoms with E-state index in [0.717, 1.165) is 15.2 Å². The minimum absolute atomic E-state index is 0.197. The van der Waals surface area contributed by atoms with E-state index in [4.69, 9.17) is 4.74 Å². The number of ether oxygens (including phenoxy) is 1. The van der Waals surface area contributed by atoms with Gasteiger partial charge in [-0.25, -0.2) is 5.43 Å². The Bertz CT molecular complexity index is 1110. The second-order valence-electron chi connectivity index (χ2n) is 6.28. The lowest BCUT2D eigenvalue weighted by Crippen LogP contribution is -2.35. The van der Waals surface area contributed by atoms with E-state index in [1.807, 2.05) is 48.5 Å². The Labute approximate surface area is 182 Å². The normalized spacial score (nSPS) is 10.7. The van der Waals surface area contributed by atoms with Crippen LogP contribution in [0.15, 0.2) is 82.9 Å². The topological polar surface area (TPSA) is 79.8 Å². The average Bonchev–Trinajstić information content (AvgIpc) is 2.76. The molecule has 0 radical (unpaired) electrons. The molecule has 0 unspecified atom stereocenters. The summed E-state index contributed by atoms with van der Waals surface area (Å²) in [6.07, 6.45) is 3.12. The molecule has 0 aliphatic rings. The van der Waals surface area contributed by atoms with Crippen molar-refractivity contribution < 1.29 is 14.3 Å². The highest BCUT2D eigenvalue weighted by Gasteiger charge is 2.11. The molecule has 2 amide bonds. The largest absolute Gasteiger partial charge is 0.489 e. The molecule has 0 aromatic heterocycles. The molecule has 0 bridgehead atoms. The van der Waals surface area contributed by atoms with Gasteiger partial charge < -0.3 is 10.1 Å². The molecule has 0 aliphatic carbocycles. The number of fused-ring (bicyclic) bond motifs is 1. The van der Waals surface area contributed by atoms with Gasteiger partial charge in [0.2, 0.25) is 0 Å². The summed E-state index contributed by atoms with van der Waals surface area (Å²) in [7, 11) is 0. The number of rotatable bonds is 8. The SMILES string of the molecule is C=CCOc1ccc(Br)cc1C=NNC(=O)CNC(=O)c1cccc2ccccc12. The molecule has 0 heterocycles. The molecule has 3 aromatic carbocycles. The van der Waals surface area contributed by atoms with Crippen LogP contribution in [-0.4, -0.2) is 31.2 Å². The van der Waals surface area contributed by atoms with E-state index in [2.05, 4.69) is 38.4 Å². The van der Waals surface area contributed by atoms with Gasteiger partial charge in [0, 0.05) is 15.6 Å². The maximum Gasteiger partial charge on any atom is 0.259 e. The van der Waals surface area contributed by atoms with Crippen molar-refractivity contribution in [3.8, 4) is 5.75 Å². The molecule has 152 valence electrons. The van der Waals surface area contributed by atoms with E-state index in [1.54, 1.807) is 18.2 Å². The highest BCUT2D eigenvalue weighted by Crippen LogP contribution is 2.22. The first-order valence-electron chi connectivity index (χ1n) is 9.19. The van der Waals surface area contributed by atoms with E-state index in [1.165, 1.54) is 6.21 Å². The zero-order valence-corrected chi connectivity index (χ0v) is 17.7. The zero-order chi connectivity index (χ0) is 21.3. The molecule has 6 nitrogen and oxygen atoms in total. The standard InChI is InChI=1S/C23H20BrN3O3/c1-2-12-30-21-11-10-18(24)13-17(21)14-26-27-22(28)15-25-23(29)20-9-5-7-16-6-3-4-8-19(16)20/h2-11,13-14H,1,12,15H2,(H,25,29)(H,27,28). The number of hydrogen-bond acceptors (Lipinski definition) is 4. The number of hydrazone groups is 1. The molecule has 3 rings (SSSR count). The van der Waals surface area contributed by atoms with Gasteiger partial charge in [0.25, 0.3) is 11.8 Å². The van der Waals surface area contributed by atoms with Gasteiger partial charge in [-0.05, 0) is 35.0 Å². The summed E-state index contributed by atoms with van der Waals surface area (Å²) < 4.78 is 6.41. The summed E-state index contributed by atoms with van der Waals surface area (Å²) in [6, 6.07) is 18.5. The minimum Gasteiger partial charge on any atom is -0.489 e. The number of carbonyl (C=O) groups is 2. The van der Waals surface area contributed by atoms with Crippen LogP contribution < -0.4 is 15.5 Å². The van der Waals surface area contributed by atoms with Crippen molar-refractivity contribution in [2.24, 2.45) is 5.10 Å². The third-order valence-electron chi connectivity index (χ3n) is 4.17. The van der Waals surface area contributed by atoms with Crippen LogP contribution in [0.3, 0.4) is 0 Å². The van der Waals surface area contributed by atoms with Gasteiger partial charge in [0.1, 0.15) is 12.4 Å². The average molecular weight is 466 g/mol. The maximum absolute atomic E-state index is 12.5. The van der Waals surface area contributed by atoms with Crippen LogP contribution in [0, 0.1) is 0 Å². The molecule has 0 atom stereocenters. The van der Waals surface area contributed by atoms with Crippen molar-refractivity contribution in [3.63, 3.8) is 0 Å². The first-order valence-corrected chi connectivity index (χ1v) is 9.99. The van der Waals surface area contributed by atoms with Crippen molar-refractivity contribution in [2.45, 2.75) is 0 Å². The summed E-state index contributed by atoms with van der Waals surface area (Å²) in [5.74, 6) is -0.151. The smallest absolute Gasteiger partial charge is 0.259 e. The van der Waals surface area contributed by atoms with Gasteiger partial charge in [0.05, 0.1) is 12.8 Å². The fraction of sp³-hybridized carbons (Fsp3) is 0.0870. The second-order valence-corrected chi connectivity index (χ2v) is 7.20. The van der Waals surface area contributed by atoms with E-state index in [0.29, 0.717) is 23.5 Å². The fourth-order valence-electron chi connectivity index (χ4n) is 2.79. The Hall–Kier alpha value is -3.45. The van der Waals surface area contributed by atoms with Gasteiger partial charge in [-0.2, -0.15) is 5.10 Å². The lowest BCUT2D eigenvalue weighted by atomic mass is 10.0. The zero-order valence-electron chi connectivity index (χ0n) is 16.1. The molecule has 0 aliphatic heterocycles. The van der Waals surface area contributed by atoms with Crippen molar-refractivity contribution in [3.05, 3.63) is 88.9 Å². The van der Waals surface area contributed by atoms with Crippen LogP contribution in [0.1, 0.15) is 15.9 Å². The minimum atomic E-state index is -0.441. The number of halogens is 1. The number of nitrogens with one attached hydrogen (secondary N) is 2. The second kappa shape index (κ2) is 10.4. The third-order valence-corrected chi connectivity index (χ3v) is 4.66.